The van der Waals surface area contributed by atoms with Crippen molar-refractivity contribution in [2.45, 2.75) is 63.4 Å². The molecule has 3 rings (SSSR count). The van der Waals surface area contributed by atoms with E-state index < -0.39 is 0 Å². The highest BCUT2D eigenvalue weighted by molar-refractivity contribution is 8.32. The second-order valence-corrected chi connectivity index (χ2v) is 12.4. The lowest BCUT2D eigenvalue weighted by atomic mass is 9.81. The third-order valence-corrected chi connectivity index (χ3v) is 8.26. The van der Waals surface area contributed by atoms with Crippen LogP contribution in [0.15, 0.2) is 19.6 Å². The summed E-state index contributed by atoms with van der Waals surface area (Å²) in [6, 6.07) is 0. The van der Waals surface area contributed by atoms with E-state index in [0.29, 0.717) is 12.8 Å². The van der Waals surface area contributed by atoms with Crippen LogP contribution in [0.1, 0.15) is 53.9 Å². The van der Waals surface area contributed by atoms with Crippen molar-refractivity contribution in [2.75, 3.05) is 0 Å². The van der Waals surface area contributed by atoms with Gasteiger partial charge in [-0.1, -0.05) is 18.7 Å². The van der Waals surface area contributed by atoms with Crippen molar-refractivity contribution in [3.05, 3.63) is 19.6 Å². The van der Waals surface area contributed by atoms with Crippen LogP contribution >= 0.6 is 35.3 Å². The van der Waals surface area contributed by atoms with E-state index in [1.54, 1.807) is 11.8 Å². The standard InChI is InChI=1S/C17H22O2S3/c1-6-9-12-10(18)7-16(2,3)21-14(12)20-15-13(9)11(19)8-17(4,5)22-15/h9H,6-8H2,1-5H3. The molecule has 3 aliphatic heterocycles. The summed E-state index contributed by atoms with van der Waals surface area (Å²) in [5.41, 5.74) is 1.84. The molecule has 0 bridgehead atoms. The lowest BCUT2D eigenvalue weighted by molar-refractivity contribution is -0.117. The number of carbonyl (C=O) groups is 2. The van der Waals surface area contributed by atoms with Crippen molar-refractivity contribution < 1.29 is 9.59 Å². The van der Waals surface area contributed by atoms with E-state index in [1.807, 2.05) is 23.5 Å². The molecule has 0 spiro atoms. The Bertz CT molecular complexity index is 574. The second-order valence-electron chi connectivity index (χ2n) is 7.39. The molecule has 0 saturated heterocycles. The summed E-state index contributed by atoms with van der Waals surface area (Å²) in [7, 11) is 0. The van der Waals surface area contributed by atoms with E-state index >= 15 is 0 Å². The van der Waals surface area contributed by atoms with Crippen molar-refractivity contribution in [2.24, 2.45) is 5.92 Å². The lowest BCUT2D eigenvalue weighted by Gasteiger charge is -2.41. The lowest BCUT2D eigenvalue weighted by Crippen LogP contribution is -2.35. The zero-order chi connectivity index (χ0) is 16.3. The molecule has 0 amide bonds. The molecule has 0 radical (unpaired) electrons. The average Bonchev–Trinajstić information content (AvgIpc) is 2.32. The number of hydrogen-bond acceptors (Lipinski definition) is 5. The van der Waals surface area contributed by atoms with Crippen LogP contribution < -0.4 is 0 Å². The monoisotopic (exact) mass is 354 g/mol. The SMILES string of the molecule is CCC1C2=C(SC3=C1C(=O)CC(C)(C)S3)SC(C)(C)CC2=O. The Hall–Kier alpha value is -0.130. The smallest absolute Gasteiger partial charge is 0.162 e. The van der Waals surface area contributed by atoms with Gasteiger partial charge in [0.1, 0.15) is 0 Å². The number of carbonyl (C=O) groups excluding carboxylic acids is 2. The van der Waals surface area contributed by atoms with Gasteiger partial charge in [0.25, 0.3) is 0 Å². The van der Waals surface area contributed by atoms with E-state index in [4.69, 9.17) is 0 Å². The van der Waals surface area contributed by atoms with E-state index in [2.05, 4.69) is 34.6 Å². The topological polar surface area (TPSA) is 34.1 Å². The fraction of sp³-hybridized carbons (Fsp3) is 0.647. The number of Topliss-reactive ketones (excluding diaryl/α,β-unsaturated/α-hetero) is 2. The van der Waals surface area contributed by atoms with Gasteiger partial charge in [-0.05, 0) is 34.1 Å². The van der Waals surface area contributed by atoms with Gasteiger partial charge in [0.15, 0.2) is 11.6 Å². The Morgan fingerprint density at radius 1 is 0.909 bits per heavy atom. The predicted octanol–water partition coefficient (Wildman–Crippen LogP) is 5.15. The minimum atomic E-state index is -0.0435. The number of thioether (sulfide) groups is 3. The summed E-state index contributed by atoms with van der Waals surface area (Å²) < 4.78 is 2.20. The summed E-state index contributed by atoms with van der Waals surface area (Å²) in [6.45, 7) is 10.6. The van der Waals surface area contributed by atoms with E-state index in [-0.39, 0.29) is 27.0 Å². The molecular weight excluding hydrogens is 332 g/mol. The molecule has 3 aliphatic rings. The number of hydrogen-bond donors (Lipinski definition) is 0. The van der Waals surface area contributed by atoms with Crippen LogP contribution in [-0.4, -0.2) is 21.1 Å². The summed E-state index contributed by atoms with van der Waals surface area (Å²) in [6.07, 6.45) is 1.98. The normalized spacial score (nSPS) is 27.9. The first-order valence-corrected chi connectivity index (χ1v) is 10.2. The molecule has 0 unspecified atom stereocenters. The summed E-state index contributed by atoms with van der Waals surface area (Å²) in [5.74, 6) is 0.498. The van der Waals surface area contributed by atoms with E-state index in [9.17, 15) is 9.59 Å². The molecular formula is C17H22O2S3. The molecule has 0 atom stereocenters. The zero-order valence-electron chi connectivity index (χ0n) is 13.7. The molecule has 0 aliphatic carbocycles. The first kappa shape index (κ1) is 16.7. The van der Waals surface area contributed by atoms with Gasteiger partial charge in [-0.15, -0.1) is 23.5 Å². The van der Waals surface area contributed by atoms with Crippen molar-refractivity contribution in [3.63, 3.8) is 0 Å². The number of ketones is 2. The van der Waals surface area contributed by atoms with Crippen LogP contribution in [0, 0.1) is 5.92 Å². The first-order chi connectivity index (χ1) is 10.1. The molecule has 0 aromatic heterocycles. The summed E-state index contributed by atoms with van der Waals surface area (Å²) in [5, 5.41) is 0. The minimum Gasteiger partial charge on any atom is -0.294 e. The van der Waals surface area contributed by atoms with Gasteiger partial charge in [-0.3, -0.25) is 9.59 Å². The molecule has 0 fully saturated rings. The maximum absolute atomic E-state index is 12.7. The maximum atomic E-state index is 12.7. The van der Waals surface area contributed by atoms with Gasteiger partial charge < -0.3 is 0 Å². The Kier molecular flexibility index (Phi) is 4.14. The van der Waals surface area contributed by atoms with Gasteiger partial charge in [-0.2, -0.15) is 0 Å². The molecule has 0 aromatic carbocycles. The van der Waals surface area contributed by atoms with Crippen LogP contribution in [0.25, 0.3) is 0 Å². The largest absolute Gasteiger partial charge is 0.294 e. The quantitative estimate of drug-likeness (QED) is 0.650. The molecule has 2 nitrogen and oxygen atoms in total. The van der Waals surface area contributed by atoms with Crippen LogP contribution in [0.3, 0.4) is 0 Å². The van der Waals surface area contributed by atoms with Gasteiger partial charge in [0, 0.05) is 39.4 Å². The van der Waals surface area contributed by atoms with Crippen molar-refractivity contribution in [3.8, 4) is 0 Å². The fourth-order valence-corrected chi connectivity index (χ4v) is 8.73. The molecule has 3 heterocycles. The average molecular weight is 355 g/mol. The molecule has 0 aromatic rings. The van der Waals surface area contributed by atoms with Gasteiger partial charge in [0.2, 0.25) is 0 Å². The van der Waals surface area contributed by atoms with E-state index in [1.165, 1.54) is 0 Å². The van der Waals surface area contributed by atoms with Crippen molar-refractivity contribution >= 4 is 46.9 Å². The highest BCUT2D eigenvalue weighted by Crippen LogP contribution is 2.61. The van der Waals surface area contributed by atoms with Crippen molar-refractivity contribution in [1.29, 1.82) is 0 Å². The van der Waals surface area contributed by atoms with Crippen LogP contribution in [0.2, 0.25) is 0 Å². The van der Waals surface area contributed by atoms with Crippen molar-refractivity contribution in [1.82, 2.24) is 0 Å². The maximum Gasteiger partial charge on any atom is 0.162 e. The number of rotatable bonds is 1. The van der Waals surface area contributed by atoms with Crippen LogP contribution in [0.5, 0.6) is 0 Å². The first-order valence-electron chi connectivity index (χ1n) is 7.74. The molecule has 22 heavy (non-hydrogen) atoms. The summed E-state index contributed by atoms with van der Waals surface area (Å²) in [4.78, 5) is 25.4. The summed E-state index contributed by atoms with van der Waals surface area (Å²) >= 11 is 5.31. The van der Waals surface area contributed by atoms with E-state index in [0.717, 1.165) is 26.0 Å². The Morgan fingerprint density at radius 2 is 1.32 bits per heavy atom. The Morgan fingerprint density at radius 3 is 1.68 bits per heavy atom. The molecule has 0 saturated carbocycles. The predicted molar refractivity (Wildman–Crippen MR) is 98.0 cm³/mol. The number of allylic oxidation sites excluding steroid dienone is 2. The molecule has 5 heteroatoms. The molecule has 0 N–H and O–H groups in total. The third kappa shape index (κ3) is 2.84. The fourth-order valence-electron chi connectivity index (χ4n) is 3.34. The third-order valence-electron chi connectivity index (χ3n) is 4.24. The zero-order valence-corrected chi connectivity index (χ0v) is 16.2. The van der Waals surface area contributed by atoms with Gasteiger partial charge in [0.05, 0.1) is 8.47 Å². The van der Waals surface area contributed by atoms with Crippen LogP contribution in [-0.2, 0) is 9.59 Å². The second kappa shape index (κ2) is 5.45. The highest BCUT2D eigenvalue weighted by Gasteiger charge is 2.46. The Balaban J connectivity index is 2.07. The van der Waals surface area contributed by atoms with Gasteiger partial charge in [-0.25, -0.2) is 0 Å². The Labute approximate surface area is 145 Å². The van der Waals surface area contributed by atoms with Crippen LogP contribution in [0.4, 0.5) is 0 Å². The highest BCUT2D eigenvalue weighted by atomic mass is 32.2. The molecule has 120 valence electrons. The minimum absolute atomic E-state index is 0.0125. The van der Waals surface area contributed by atoms with Gasteiger partial charge >= 0.3 is 0 Å².